The Balaban J connectivity index is 2.42. The number of rotatable bonds is 0. The van der Waals surface area contributed by atoms with Gasteiger partial charge in [0.1, 0.15) is 0 Å². The van der Waals surface area contributed by atoms with E-state index >= 15 is 0 Å². The van der Waals surface area contributed by atoms with Crippen molar-refractivity contribution >= 4 is 21.7 Å². The Morgan fingerprint density at radius 2 is 1.68 bits per heavy atom. The number of alkyl halides is 3. The maximum absolute atomic E-state index is 12.6. The lowest BCUT2D eigenvalue weighted by molar-refractivity contribution is -0.144. The van der Waals surface area contributed by atoms with E-state index in [1.807, 2.05) is 0 Å². The van der Waals surface area contributed by atoms with Gasteiger partial charge in [0.05, 0.1) is 10.9 Å². The van der Waals surface area contributed by atoms with E-state index in [0.29, 0.717) is 0 Å². The fourth-order valence-corrected chi connectivity index (χ4v) is 1.96. The van der Waals surface area contributed by atoms with E-state index in [4.69, 9.17) is 0 Å². The van der Waals surface area contributed by atoms with Crippen LogP contribution in [0.5, 0.6) is 0 Å². The van der Waals surface area contributed by atoms with E-state index in [9.17, 15) is 18.0 Å². The zero-order valence-electron chi connectivity index (χ0n) is 9.45. The van der Waals surface area contributed by atoms with Crippen molar-refractivity contribution in [1.29, 1.82) is 0 Å². The summed E-state index contributed by atoms with van der Waals surface area (Å²) in [5.41, 5.74) is -0.752. The van der Waals surface area contributed by atoms with Gasteiger partial charge in [0.25, 0.3) is 5.56 Å². The number of benzene rings is 2. The van der Waals surface area contributed by atoms with Gasteiger partial charge in [0.2, 0.25) is 5.82 Å². The largest absolute Gasteiger partial charge is 0.449 e. The van der Waals surface area contributed by atoms with Gasteiger partial charge < -0.3 is 4.98 Å². The molecule has 2 aromatic carbocycles. The van der Waals surface area contributed by atoms with Crippen molar-refractivity contribution in [3.63, 3.8) is 0 Å². The van der Waals surface area contributed by atoms with Gasteiger partial charge in [-0.25, -0.2) is 4.98 Å². The molecule has 96 valence electrons. The summed E-state index contributed by atoms with van der Waals surface area (Å²) in [6.45, 7) is 0. The first-order chi connectivity index (χ1) is 8.95. The van der Waals surface area contributed by atoms with E-state index in [1.165, 1.54) is 12.1 Å². The van der Waals surface area contributed by atoms with Gasteiger partial charge in [-0.15, -0.1) is 0 Å². The minimum Gasteiger partial charge on any atom is -0.302 e. The number of aromatic amines is 1. The van der Waals surface area contributed by atoms with Crippen molar-refractivity contribution in [2.45, 2.75) is 6.18 Å². The lowest BCUT2D eigenvalue weighted by Crippen LogP contribution is -2.19. The van der Waals surface area contributed by atoms with Crippen molar-refractivity contribution in [2.24, 2.45) is 0 Å². The quantitative estimate of drug-likeness (QED) is 0.634. The summed E-state index contributed by atoms with van der Waals surface area (Å²) in [7, 11) is 0. The number of hydrogen-bond donors (Lipinski definition) is 1. The smallest absolute Gasteiger partial charge is 0.302 e. The molecule has 0 radical (unpaired) electrons. The standard InChI is InChI=1S/C13H7F3N2O/c14-13(15,16)12-17-10-6-8-4-2-1-3-7(8)5-9(10)11(19)18-12/h1-6H,(H,17,18,19). The van der Waals surface area contributed by atoms with Crippen LogP contribution in [0.2, 0.25) is 0 Å². The highest BCUT2D eigenvalue weighted by Crippen LogP contribution is 2.27. The molecule has 0 aliphatic carbocycles. The lowest BCUT2D eigenvalue weighted by atomic mass is 10.1. The maximum atomic E-state index is 12.6. The first-order valence-corrected chi connectivity index (χ1v) is 5.45. The van der Waals surface area contributed by atoms with Crippen molar-refractivity contribution in [3.05, 3.63) is 52.6 Å². The summed E-state index contributed by atoms with van der Waals surface area (Å²) in [5, 5.41) is 1.66. The van der Waals surface area contributed by atoms with Gasteiger partial charge in [0.15, 0.2) is 0 Å². The summed E-state index contributed by atoms with van der Waals surface area (Å²) in [4.78, 5) is 16.9. The van der Waals surface area contributed by atoms with Gasteiger partial charge >= 0.3 is 6.18 Å². The third kappa shape index (κ3) is 1.95. The molecule has 0 bridgehead atoms. The molecule has 3 rings (SSSR count). The van der Waals surface area contributed by atoms with Gasteiger partial charge in [-0.2, -0.15) is 13.2 Å². The second-order valence-corrected chi connectivity index (χ2v) is 4.13. The van der Waals surface area contributed by atoms with E-state index in [1.54, 1.807) is 29.2 Å². The van der Waals surface area contributed by atoms with Crippen molar-refractivity contribution in [3.8, 4) is 0 Å². The molecule has 3 nitrogen and oxygen atoms in total. The molecule has 1 heterocycles. The first kappa shape index (κ1) is 11.7. The summed E-state index contributed by atoms with van der Waals surface area (Å²) in [5.74, 6) is -1.28. The number of H-pyrrole nitrogens is 1. The highest BCUT2D eigenvalue weighted by atomic mass is 19.4. The second-order valence-electron chi connectivity index (χ2n) is 4.13. The zero-order chi connectivity index (χ0) is 13.6. The number of halogens is 3. The van der Waals surface area contributed by atoms with E-state index < -0.39 is 17.6 Å². The van der Waals surface area contributed by atoms with Crippen LogP contribution in [0.4, 0.5) is 13.2 Å². The van der Waals surface area contributed by atoms with Crippen LogP contribution in [0.3, 0.4) is 0 Å². The van der Waals surface area contributed by atoms with Crippen LogP contribution < -0.4 is 5.56 Å². The Labute approximate surface area is 104 Å². The fourth-order valence-electron chi connectivity index (χ4n) is 1.96. The molecule has 0 amide bonds. The molecule has 0 saturated carbocycles. The minimum atomic E-state index is -4.67. The summed E-state index contributed by atoms with van der Waals surface area (Å²) in [6.07, 6.45) is -4.67. The maximum Gasteiger partial charge on any atom is 0.449 e. The monoisotopic (exact) mass is 264 g/mol. The molecule has 0 atom stereocenters. The van der Waals surface area contributed by atoms with Gasteiger partial charge in [0, 0.05) is 0 Å². The predicted molar refractivity (Wildman–Crippen MR) is 64.9 cm³/mol. The molecule has 3 aromatic rings. The Bertz CT molecular complexity index is 837. The van der Waals surface area contributed by atoms with Crippen LogP contribution in [-0.2, 0) is 6.18 Å². The Kier molecular flexibility index (Phi) is 2.35. The summed E-state index contributed by atoms with van der Waals surface area (Å²) in [6, 6.07) is 10.1. The second kappa shape index (κ2) is 3.81. The van der Waals surface area contributed by atoms with Crippen LogP contribution in [0.15, 0.2) is 41.2 Å². The SMILES string of the molecule is O=c1[nH]c(C(F)(F)F)nc2cc3ccccc3cc12. The van der Waals surface area contributed by atoms with Gasteiger partial charge in [-0.05, 0) is 22.9 Å². The zero-order valence-corrected chi connectivity index (χ0v) is 9.45. The number of hydrogen-bond acceptors (Lipinski definition) is 2. The molecule has 0 unspecified atom stereocenters. The van der Waals surface area contributed by atoms with Crippen LogP contribution in [0.25, 0.3) is 21.7 Å². The van der Waals surface area contributed by atoms with E-state index in [0.717, 1.165) is 10.8 Å². The molecule has 1 aromatic heterocycles. The average Bonchev–Trinajstić information content (AvgIpc) is 2.35. The highest BCUT2D eigenvalue weighted by molar-refractivity contribution is 5.95. The Morgan fingerprint density at radius 1 is 1.05 bits per heavy atom. The normalized spacial score (nSPS) is 12.2. The molecule has 1 N–H and O–H groups in total. The van der Waals surface area contributed by atoms with Crippen LogP contribution in [0, 0.1) is 0 Å². The molecule has 0 spiro atoms. The molecule has 0 aliphatic rings. The summed E-state index contributed by atoms with van der Waals surface area (Å²) < 4.78 is 37.7. The van der Waals surface area contributed by atoms with Gasteiger partial charge in [-0.1, -0.05) is 24.3 Å². The molecule has 6 heteroatoms. The number of fused-ring (bicyclic) bond motifs is 2. The van der Waals surface area contributed by atoms with Gasteiger partial charge in [-0.3, -0.25) is 4.79 Å². The minimum absolute atomic E-state index is 0.0368. The molecule has 0 saturated heterocycles. The Morgan fingerprint density at radius 3 is 2.32 bits per heavy atom. The topological polar surface area (TPSA) is 45.8 Å². The Hall–Kier alpha value is -2.37. The number of nitrogens with one attached hydrogen (secondary N) is 1. The fraction of sp³-hybridized carbons (Fsp3) is 0.0769. The first-order valence-electron chi connectivity index (χ1n) is 5.45. The lowest BCUT2D eigenvalue weighted by Gasteiger charge is -2.07. The van der Waals surface area contributed by atoms with E-state index in [2.05, 4.69) is 4.98 Å². The van der Waals surface area contributed by atoms with Crippen molar-refractivity contribution in [2.75, 3.05) is 0 Å². The molecular weight excluding hydrogens is 257 g/mol. The van der Waals surface area contributed by atoms with Crippen molar-refractivity contribution < 1.29 is 13.2 Å². The van der Waals surface area contributed by atoms with Crippen molar-refractivity contribution in [1.82, 2.24) is 9.97 Å². The van der Waals surface area contributed by atoms with Crippen LogP contribution in [-0.4, -0.2) is 9.97 Å². The number of aromatic nitrogens is 2. The average molecular weight is 264 g/mol. The third-order valence-electron chi connectivity index (χ3n) is 2.84. The highest BCUT2D eigenvalue weighted by Gasteiger charge is 2.34. The molecular formula is C13H7F3N2O. The predicted octanol–water partition coefficient (Wildman–Crippen LogP) is 3.10. The van der Waals surface area contributed by atoms with Crippen LogP contribution in [0.1, 0.15) is 5.82 Å². The number of nitrogens with zero attached hydrogens (tertiary/aromatic N) is 1. The van der Waals surface area contributed by atoms with Crippen LogP contribution >= 0.6 is 0 Å². The summed E-state index contributed by atoms with van der Waals surface area (Å²) >= 11 is 0. The molecule has 0 aliphatic heterocycles. The molecule has 0 fully saturated rings. The molecule has 19 heavy (non-hydrogen) atoms. The third-order valence-corrected chi connectivity index (χ3v) is 2.84. The van der Waals surface area contributed by atoms with E-state index in [-0.39, 0.29) is 10.9 Å².